The van der Waals surface area contributed by atoms with E-state index in [1.54, 1.807) is 12.1 Å². The highest BCUT2D eigenvalue weighted by atomic mass is 16.4. The van der Waals surface area contributed by atoms with Gasteiger partial charge >= 0.3 is 5.97 Å². The summed E-state index contributed by atoms with van der Waals surface area (Å²) in [5.74, 6) is -1.35. The predicted octanol–water partition coefficient (Wildman–Crippen LogP) is 1.25. The summed E-state index contributed by atoms with van der Waals surface area (Å²) in [6.45, 7) is 1.55. The Morgan fingerprint density at radius 1 is 1.38 bits per heavy atom. The number of unbranched alkanes of at least 4 members (excludes halogenated alkanes) is 1. The fourth-order valence-electron chi connectivity index (χ4n) is 1.74. The highest BCUT2D eigenvalue weighted by Crippen LogP contribution is 2.07. The smallest absolute Gasteiger partial charge is 0.328 e. The van der Waals surface area contributed by atoms with Crippen LogP contribution < -0.4 is 5.32 Å². The van der Waals surface area contributed by atoms with E-state index >= 15 is 0 Å². The van der Waals surface area contributed by atoms with Gasteiger partial charge in [0.25, 0.3) is 5.91 Å². The molecule has 0 unspecified atom stereocenters. The second-order valence-corrected chi connectivity index (χ2v) is 4.88. The van der Waals surface area contributed by atoms with Gasteiger partial charge in [-0.1, -0.05) is 6.07 Å². The highest BCUT2D eigenvalue weighted by Gasteiger charge is 2.10. The summed E-state index contributed by atoms with van der Waals surface area (Å²) in [5, 5.41) is 11.4. The van der Waals surface area contributed by atoms with Crippen LogP contribution in [0.4, 0.5) is 0 Å². The third kappa shape index (κ3) is 6.67. The number of nitrogens with zero attached hydrogens (tertiary/aromatic N) is 2. The molecule has 21 heavy (non-hydrogen) atoms. The van der Waals surface area contributed by atoms with E-state index in [9.17, 15) is 9.59 Å². The summed E-state index contributed by atoms with van der Waals surface area (Å²) in [6.07, 6.45) is 5.76. The number of amides is 1. The Balaban J connectivity index is 2.56. The molecule has 1 heterocycles. The normalized spacial score (nSPS) is 11.0. The lowest BCUT2D eigenvalue weighted by atomic mass is 10.1. The van der Waals surface area contributed by atoms with Crippen LogP contribution in [0.5, 0.6) is 0 Å². The van der Waals surface area contributed by atoms with E-state index in [1.807, 2.05) is 14.1 Å². The molecule has 0 saturated heterocycles. The monoisotopic (exact) mass is 291 g/mol. The van der Waals surface area contributed by atoms with Crippen LogP contribution in [0.2, 0.25) is 0 Å². The maximum atomic E-state index is 12.0. The lowest BCUT2D eigenvalue weighted by Gasteiger charge is -2.10. The molecule has 0 aliphatic heterocycles. The van der Waals surface area contributed by atoms with Crippen LogP contribution in [0.25, 0.3) is 6.08 Å². The summed E-state index contributed by atoms with van der Waals surface area (Å²) in [6, 6.07) is 3.32. The van der Waals surface area contributed by atoms with E-state index in [0.717, 1.165) is 25.5 Å². The Bertz CT molecular complexity index is 513. The van der Waals surface area contributed by atoms with Crippen molar-refractivity contribution < 1.29 is 14.7 Å². The highest BCUT2D eigenvalue weighted by molar-refractivity contribution is 5.97. The Labute approximate surface area is 124 Å². The molecule has 1 aromatic heterocycles. The number of pyridine rings is 1. The lowest BCUT2D eigenvalue weighted by molar-refractivity contribution is -0.131. The van der Waals surface area contributed by atoms with Crippen molar-refractivity contribution >= 4 is 18.0 Å². The molecule has 0 saturated carbocycles. The van der Waals surface area contributed by atoms with Crippen molar-refractivity contribution in [1.29, 1.82) is 0 Å². The molecule has 1 rings (SSSR count). The maximum Gasteiger partial charge on any atom is 0.328 e. The molecule has 0 aromatic carbocycles. The van der Waals surface area contributed by atoms with Gasteiger partial charge in [-0.2, -0.15) is 0 Å². The van der Waals surface area contributed by atoms with Crippen molar-refractivity contribution in [3.63, 3.8) is 0 Å². The number of carbonyl (C=O) groups excluding carboxylic acids is 1. The minimum atomic E-state index is -1.06. The van der Waals surface area contributed by atoms with E-state index in [1.165, 1.54) is 12.3 Å². The summed E-state index contributed by atoms with van der Waals surface area (Å²) < 4.78 is 0. The molecule has 0 spiro atoms. The minimum Gasteiger partial charge on any atom is -0.478 e. The van der Waals surface area contributed by atoms with E-state index in [-0.39, 0.29) is 11.6 Å². The SMILES string of the molecule is CN(C)CCCCNC(=O)c1ncccc1/C=C/C(=O)O. The molecule has 0 radical (unpaired) electrons. The molecule has 0 bridgehead atoms. The Morgan fingerprint density at radius 2 is 2.14 bits per heavy atom. The first-order chi connectivity index (χ1) is 10.0. The molecule has 0 aliphatic rings. The number of rotatable bonds is 8. The zero-order chi connectivity index (χ0) is 15.7. The van der Waals surface area contributed by atoms with E-state index in [2.05, 4.69) is 15.2 Å². The van der Waals surface area contributed by atoms with Crippen molar-refractivity contribution in [1.82, 2.24) is 15.2 Å². The van der Waals surface area contributed by atoms with Crippen LogP contribution in [0.15, 0.2) is 24.4 Å². The van der Waals surface area contributed by atoms with Crippen LogP contribution in [0.3, 0.4) is 0 Å². The van der Waals surface area contributed by atoms with Gasteiger partial charge in [-0.05, 0) is 45.6 Å². The predicted molar refractivity (Wildman–Crippen MR) is 81.0 cm³/mol. The molecule has 114 valence electrons. The Morgan fingerprint density at radius 3 is 2.81 bits per heavy atom. The quantitative estimate of drug-likeness (QED) is 0.556. The molecule has 0 atom stereocenters. The largest absolute Gasteiger partial charge is 0.478 e. The first kappa shape index (κ1) is 16.8. The molecule has 0 fully saturated rings. The van der Waals surface area contributed by atoms with E-state index in [4.69, 9.17) is 5.11 Å². The topological polar surface area (TPSA) is 82.5 Å². The number of hydrogen-bond acceptors (Lipinski definition) is 4. The van der Waals surface area contributed by atoms with Crippen LogP contribution in [0, 0.1) is 0 Å². The van der Waals surface area contributed by atoms with Gasteiger partial charge in [-0.3, -0.25) is 9.78 Å². The second kappa shape index (κ2) is 8.86. The Kier molecular flexibility index (Phi) is 7.11. The third-order valence-corrected chi connectivity index (χ3v) is 2.78. The van der Waals surface area contributed by atoms with E-state index < -0.39 is 5.97 Å². The van der Waals surface area contributed by atoms with Gasteiger partial charge in [0.1, 0.15) is 5.69 Å². The number of hydrogen-bond donors (Lipinski definition) is 2. The average Bonchev–Trinajstić information content (AvgIpc) is 2.44. The van der Waals surface area contributed by atoms with Crippen LogP contribution in [-0.2, 0) is 4.79 Å². The van der Waals surface area contributed by atoms with Crippen LogP contribution >= 0.6 is 0 Å². The second-order valence-electron chi connectivity index (χ2n) is 4.88. The standard InChI is InChI=1S/C15H21N3O3/c1-18(2)11-4-3-9-17-15(21)14-12(6-5-10-16-14)7-8-13(19)20/h5-8,10H,3-4,9,11H2,1-2H3,(H,17,21)(H,19,20)/b8-7+. The van der Waals surface area contributed by atoms with Crippen molar-refractivity contribution in [2.45, 2.75) is 12.8 Å². The number of carboxylic acids is 1. The average molecular weight is 291 g/mol. The first-order valence-corrected chi connectivity index (χ1v) is 6.79. The molecule has 1 aromatic rings. The molecule has 0 aliphatic carbocycles. The number of carbonyl (C=O) groups is 2. The van der Waals surface area contributed by atoms with Gasteiger partial charge in [0.05, 0.1) is 0 Å². The molecule has 6 nitrogen and oxygen atoms in total. The molecule has 6 heteroatoms. The first-order valence-electron chi connectivity index (χ1n) is 6.79. The number of aliphatic carboxylic acids is 1. The third-order valence-electron chi connectivity index (χ3n) is 2.78. The summed E-state index contributed by atoms with van der Waals surface area (Å²) in [5.41, 5.74) is 0.730. The van der Waals surface area contributed by atoms with Gasteiger partial charge in [0.15, 0.2) is 0 Å². The van der Waals surface area contributed by atoms with Crippen LogP contribution in [0.1, 0.15) is 28.9 Å². The van der Waals surface area contributed by atoms with Crippen LogP contribution in [-0.4, -0.2) is 54.1 Å². The van der Waals surface area contributed by atoms with Crippen molar-refractivity contribution in [3.05, 3.63) is 35.7 Å². The summed E-state index contributed by atoms with van der Waals surface area (Å²) in [7, 11) is 4.01. The van der Waals surface area contributed by atoms with E-state index in [0.29, 0.717) is 12.1 Å². The zero-order valence-corrected chi connectivity index (χ0v) is 12.4. The molecule has 2 N–H and O–H groups in total. The minimum absolute atomic E-state index is 0.239. The summed E-state index contributed by atoms with van der Waals surface area (Å²) >= 11 is 0. The van der Waals surface area contributed by atoms with Crippen molar-refractivity contribution in [2.24, 2.45) is 0 Å². The van der Waals surface area contributed by atoms with Gasteiger partial charge in [0, 0.05) is 24.4 Å². The van der Waals surface area contributed by atoms with Crippen molar-refractivity contribution in [3.8, 4) is 0 Å². The fourth-order valence-corrected chi connectivity index (χ4v) is 1.74. The Hall–Kier alpha value is -2.21. The van der Waals surface area contributed by atoms with Gasteiger partial charge in [0.2, 0.25) is 0 Å². The molecular formula is C15H21N3O3. The molecular weight excluding hydrogens is 270 g/mol. The van der Waals surface area contributed by atoms with Crippen molar-refractivity contribution in [2.75, 3.05) is 27.2 Å². The number of carboxylic acid groups (broad SMARTS) is 1. The maximum absolute atomic E-state index is 12.0. The number of aromatic nitrogens is 1. The lowest BCUT2D eigenvalue weighted by Crippen LogP contribution is -2.26. The fraction of sp³-hybridized carbons (Fsp3) is 0.400. The summed E-state index contributed by atoms with van der Waals surface area (Å²) in [4.78, 5) is 28.7. The van der Waals surface area contributed by atoms with Gasteiger partial charge in [-0.15, -0.1) is 0 Å². The zero-order valence-electron chi connectivity index (χ0n) is 12.4. The number of nitrogens with one attached hydrogen (secondary N) is 1. The molecule has 1 amide bonds. The van der Waals surface area contributed by atoms with Gasteiger partial charge in [-0.25, -0.2) is 4.79 Å². The van der Waals surface area contributed by atoms with Gasteiger partial charge < -0.3 is 15.3 Å².